The molecule has 3 fully saturated rings. The smallest absolute Gasteiger partial charge is 0.220 e. The van der Waals surface area contributed by atoms with Gasteiger partial charge in [-0.05, 0) is 31.1 Å². The molecule has 14 nitrogen and oxygen atoms in total. The number of hydrogen-bond donors (Lipinski definition) is 10. The molecule has 15 atom stereocenters. The van der Waals surface area contributed by atoms with Crippen LogP contribution in [0.4, 0.5) is 0 Å². The molecule has 40 heavy (non-hydrogen) atoms. The lowest BCUT2D eigenvalue weighted by Crippen LogP contribution is -2.67. The van der Waals surface area contributed by atoms with Crippen molar-refractivity contribution in [1.82, 2.24) is 5.32 Å². The molecule has 0 spiro atoms. The average molecular weight is 575 g/mol. The highest BCUT2D eigenvalue weighted by Crippen LogP contribution is 2.35. The largest absolute Gasteiger partial charge is 0.396 e. The predicted octanol–water partition coefficient (Wildman–Crippen LogP) is -4.39. The summed E-state index contributed by atoms with van der Waals surface area (Å²) < 4.78 is 17.6. The van der Waals surface area contributed by atoms with Gasteiger partial charge in [0.25, 0.3) is 0 Å². The zero-order valence-corrected chi connectivity index (χ0v) is 22.7. The minimum absolute atomic E-state index is 0.144. The van der Waals surface area contributed by atoms with Crippen molar-refractivity contribution in [2.75, 3.05) is 13.2 Å². The van der Waals surface area contributed by atoms with Crippen LogP contribution in [0, 0.1) is 24.2 Å². The van der Waals surface area contributed by atoms with Gasteiger partial charge < -0.3 is 67.4 Å². The molecular formula is C26H46N4O10. The molecule has 2 aliphatic carbocycles. The number of ether oxygens (including phenoxy) is 3. The van der Waals surface area contributed by atoms with E-state index in [1.165, 1.54) is 0 Å². The van der Waals surface area contributed by atoms with E-state index < -0.39 is 79.4 Å². The average Bonchev–Trinajstić information content (AvgIpc) is 2.92. The Bertz CT molecular complexity index is 862. The third kappa shape index (κ3) is 7.49. The van der Waals surface area contributed by atoms with Gasteiger partial charge in [-0.2, -0.15) is 0 Å². The van der Waals surface area contributed by atoms with Gasteiger partial charge in [0, 0.05) is 44.1 Å². The summed E-state index contributed by atoms with van der Waals surface area (Å²) in [5.74, 6) is 1.74. The van der Waals surface area contributed by atoms with Crippen molar-refractivity contribution < 1.29 is 49.6 Å². The van der Waals surface area contributed by atoms with Gasteiger partial charge in [0.15, 0.2) is 6.29 Å². The number of terminal acetylenes is 1. The summed E-state index contributed by atoms with van der Waals surface area (Å²) in [4.78, 5) is 12.1. The molecule has 3 aliphatic rings. The molecule has 0 bridgehead atoms. The molecule has 3 rings (SSSR count). The first-order valence-electron chi connectivity index (χ1n) is 13.9. The lowest BCUT2D eigenvalue weighted by Gasteiger charge is -2.48. The number of aliphatic hydroxyl groups is 6. The third-order valence-electron chi connectivity index (χ3n) is 8.47. The van der Waals surface area contributed by atoms with Gasteiger partial charge in [-0.15, -0.1) is 12.3 Å². The number of amides is 1. The van der Waals surface area contributed by atoms with Gasteiger partial charge in [-0.25, -0.2) is 0 Å². The Kier molecular flexibility index (Phi) is 12.1. The Morgan fingerprint density at radius 2 is 1.62 bits per heavy atom. The minimum atomic E-state index is -1.70. The van der Waals surface area contributed by atoms with E-state index in [4.69, 9.17) is 37.8 Å². The summed E-state index contributed by atoms with van der Waals surface area (Å²) >= 11 is 0. The molecule has 2 saturated carbocycles. The number of rotatable bonds is 10. The quantitative estimate of drug-likeness (QED) is 0.0874. The van der Waals surface area contributed by atoms with Gasteiger partial charge in [0.05, 0.1) is 12.2 Å². The summed E-state index contributed by atoms with van der Waals surface area (Å²) in [5.41, 5.74) is 18.6. The lowest BCUT2D eigenvalue weighted by molar-refractivity contribution is -0.321. The van der Waals surface area contributed by atoms with Crippen molar-refractivity contribution in [2.24, 2.45) is 29.0 Å². The lowest BCUT2D eigenvalue weighted by atomic mass is 9.74. The Morgan fingerprint density at radius 3 is 2.25 bits per heavy atom. The Hall–Kier alpha value is -1.45. The fraction of sp³-hybridized carbons (Fsp3) is 0.885. The number of nitrogens with one attached hydrogen (secondary N) is 1. The van der Waals surface area contributed by atoms with E-state index >= 15 is 0 Å². The fourth-order valence-corrected chi connectivity index (χ4v) is 5.75. The molecule has 14 heteroatoms. The standard InChI is InChI=1S/C26H46N4O10/c1-3-4-5-6-17(32)30-9-16-20(34)21(35)22(36)26(39-16)40-25-14(28)8-13(27)24(23(25)37)38-15-7-12(10-31)11(2)18(29)19(15)33/h1,11-16,18-26,31,33-37H,4-10,27-29H2,2H3,(H,30,32)/t11-,12+,13+,14?,15+,16?,18?,19?,20+,21?,22-,23?,24+,25+,26+/m0/s1. The first-order chi connectivity index (χ1) is 18.9. The van der Waals surface area contributed by atoms with Crippen LogP contribution in [0.3, 0.4) is 0 Å². The van der Waals surface area contributed by atoms with E-state index in [0.29, 0.717) is 19.3 Å². The molecule has 0 aromatic carbocycles. The molecule has 230 valence electrons. The van der Waals surface area contributed by atoms with E-state index in [0.717, 1.165) is 0 Å². The molecule has 1 amide bonds. The van der Waals surface area contributed by atoms with Crippen LogP contribution in [0.2, 0.25) is 0 Å². The van der Waals surface area contributed by atoms with Crippen molar-refractivity contribution in [3.8, 4) is 12.3 Å². The second-order valence-electron chi connectivity index (χ2n) is 11.3. The molecule has 13 N–H and O–H groups in total. The maximum Gasteiger partial charge on any atom is 0.220 e. The van der Waals surface area contributed by atoms with Gasteiger partial charge >= 0.3 is 0 Å². The summed E-state index contributed by atoms with van der Waals surface area (Å²) in [6.45, 7) is 1.52. The molecule has 0 aromatic heterocycles. The van der Waals surface area contributed by atoms with Crippen LogP contribution >= 0.6 is 0 Å². The highest BCUT2D eigenvalue weighted by Gasteiger charge is 2.51. The highest BCUT2D eigenvalue weighted by atomic mass is 16.7. The molecule has 0 aromatic rings. The topological polar surface area (TPSA) is 256 Å². The van der Waals surface area contributed by atoms with E-state index in [9.17, 15) is 35.4 Å². The molecule has 1 saturated heterocycles. The van der Waals surface area contributed by atoms with Crippen LogP contribution < -0.4 is 22.5 Å². The van der Waals surface area contributed by atoms with Crippen LogP contribution in [0.1, 0.15) is 39.0 Å². The van der Waals surface area contributed by atoms with Gasteiger partial charge in [-0.3, -0.25) is 4.79 Å². The summed E-state index contributed by atoms with van der Waals surface area (Å²) in [6, 6.07) is -2.21. The molecule has 0 radical (unpaired) electrons. The first kappa shape index (κ1) is 33.1. The van der Waals surface area contributed by atoms with E-state index in [1.807, 2.05) is 6.92 Å². The molecular weight excluding hydrogens is 528 g/mol. The Balaban J connectivity index is 1.67. The zero-order valence-electron chi connectivity index (χ0n) is 22.7. The third-order valence-corrected chi connectivity index (χ3v) is 8.47. The van der Waals surface area contributed by atoms with E-state index in [1.54, 1.807) is 0 Å². The highest BCUT2D eigenvalue weighted by molar-refractivity contribution is 5.75. The van der Waals surface area contributed by atoms with Crippen LogP contribution in [0.15, 0.2) is 0 Å². The van der Waals surface area contributed by atoms with Gasteiger partial charge in [-0.1, -0.05) is 6.92 Å². The van der Waals surface area contributed by atoms with Crippen molar-refractivity contribution in [3.05, 3.63) is 0 Å². The van der Waals surface area contributed by atoms with Crippen molar-refractivity contribution in [1.29, 1.82) is 0 Å². The number of carbonyl (C=O) groups is 1. The SMILES string of the molecule is C#CCCCC(=O)NCC1O[C@H](O[C@@H]2C(N)C[C@@H](N)[C@@H](O[C@@H]3C[C@H](CO)[C@H](C)C(N)C3O)C2O)[C@@H](O)C(O)[C@@H]1O. The van der Waals surface area contributed by atoms with Crippen LogP contribution in [-0.2, 0) is 19.0 Å². The summed E-state index contributed by atoms with van der Waals surface area (Å²) in [7, 11) is 0. The van der Waals surface area contributed by atoms with E-state index in [2.05, 4.69) is 11.2 Å². The molecule has 1 heterocycles. The molecule has 6 unspecified atom stereocenters. The normalized spacial score (nSPS) is 46.0. The fourth-order valence-electron chi connectivity index (χ4n) is 5.75. The number of hydrogen-bond acceptors (Lipinski definition) is 13. The number of unbranched alkanes of at least 4 members (excludes halogenated alkanes) is 1. The first-order valence-corrected chi connectivity index (χ1v) is 13.9. The van der Waals surface area contributed by atoms with Crippen LogP contribution in [0.5, 0.6) is 0 Å². The monoisotopic (exact) mass is 574 g/mol. The minimum Gasteiger partial charge on any atom is -0.396 e. The van der Waals surface area contributed by atoms with Crippen LogP contribution in [0.25, 0.3) is 0 Å². The number of carbonyl (C=O) groups excluding carboxylic acids is 1. The summed E-state index contributed by atoms with van der Waals surface area (Å²) in [5, 5.41) is 65.7. The Morgan fingerprint density at radius 1 is 0.975 bits per heavy atom. The summed E-state index contributed by atoms with van der Waals surface area (Å²) in [6.07, 6.45) is -6.37. The van der Waals surface area contributed by atoms with E-state index in [-0.39, 0.29) is 43.7 Å². The van der Waals surface area contributed by atoms with Crippen molar-refractivity contribution >= 4 is 5.91 Å². The molecule has 1 aliphatic heterocycles. The van der Waals surface area contributed by atoms with Crippen LogP contribution in [-0.4, -0.2) is 129 Å². The maximum absolute atomic E-state index is 12.1. The second kappa shape index (κ2) is 14.6. The van der Waals surface area contributed by atoms with Gasteiger partial charge in [0.2, 0.25) is 5.91 Å². The predicted molar refractivity (Wildman–Crippen MR) is 141 cm³/mol. The van der Waals surface area contributed by atoms with Crippen molar-refractivity contribution in [2.45, 2.75) is 118 Å². The zero-order chi connectivity index (χ0) is 29.7. The van der Waals surface area contributed by atoms with Crippen molar-refractivity contribution in [3.63, 3.8) is 0 Å². The second-order valence-corrected chi connectivity index (χ2v) is 11.3. The number of aliphatic hydroxyl groups excluding tert-OH is 6. The maximum atomic E-state index is 12.1. The Labute approximate surface area is 234 Å². The van der Waals surface area contributed by atoms with Gasteiger partial charge in [0.1, 0.15) is 42.7 Å². The number of nitrogens with two attached hydrogens (primary N) is 3.